The van der Waals surface area contributed by atoms with Crippen LogP contribution < -0.4 is 15.5 Å². The molecule has 3 aromatic heterocycles. The lowest BCUT2D eigenvalue weighted by atomic mass is 10.0. The molecular weight excluding hydrogens is 414 g/mol. The van der Waals surface area contributed by atoms with Crippen LogP contribution in [0, 0.1) is 13.8 Å². The summed E-state index contributed by atoms with van der Waals surface area (Å²) in [6.45, 7) is 9.10. The summed E-state index contributed by atoms with van der Waals surface area (Å²) in [6.07, 6.45) is 8.14. The minimum Gasteiger partial charge on any atom is -0.371 e. The van der Waals surface area contributed by atoms with Crippen LogP contribution in [0.25, 0.3) is 16.4 Å². The number of aryl methyl sites for hydroxylation is 3. The molecule has 0 atom stereocenters. The lowest BCUT2D eigenvalue weighted by Crippen LogP contribution is -2.42. The number of anilines is 2. The Morgan fingerprint density at radius 3 is 2.70 bits per heavy atom. The zero-order valence-electron chi connectivity index (χ0n) is 19.7. The fourth-order valence-electron chi connectivity index (χ4n) is 4.97. The van der Waals surface area contributed by atoms with Gasteiger partial charge in [0, 0.05) is 55.8 Å². The summed E-state index contributed by atoms with van der Waals surface area (Å²) in [5, 5.41) is 12.3. The number of benzene rings is 1. The quantitative estimate of drug-likeness (QED) is 0.490. The Morgan fingerprint density at radius 2 is 1.94 bits per heavy atom. The first kappa shape index (κ1) is 21.5. The third-order valence-corrected chi connectivity index (χ3v) is 6.49. The van der Waals surface area contributed by atoms with E-state index in [1.54, 1.807) is 4.68 Å². The first-order chi connectivity index (χ1) is 15.9. The Kier molecular flexibility index (Phi) is 5.54. The molecule has 5 rings (SSSR count). The molecule has 0 radical (unpaired) electrons. The van der Waals surface area contributed by atoms with Crippen molar-refractivity contribution in [2.24, 2.45) is 7.05 Å². The zero-order valence-corrected chi connectivity index (χ0v) is 19.7. The van der Waals surface area contributed by atoms with Crippen molar-refractivity contribution in [3.8, 4) is 0 Å². The maximum atomic E-state index is 13.3. The minimum absolute atomic E-state index is 0.158. The molecule has 8 nitrogen and oxygen atoms in total. The molecule has 8 heteroatoms. The van der Waals surface area contributed by atoms with Gasteiger partial charge in [-0.25, -0.2) is 0 Å². The molecule has 4 heterocycles. The summed E-state index contributed by atoms with van der Waals surface area (Å²) in [7, 11) is 1.90. The van der Waals surface area contributed by atoms with E-state index >= 15 is 0 Å². The number of aromatic nitrogens is 4. The van der Waals surface area contributed by atoms with E-state index in [2.05, 4.69) is 38.6 Å². The first-order valence-corrected chi connectivity index (χ1v) is 11.6. The van der Waals surface area contributed by atoms with Crippen LogP contribution in [-0.4, -0.2) is 50.7 Å². The second kappa shape index (κ2) is 8.51. The van der Waals surface area contributed by atoms with Crippen molar-refractivity contribution in [2.45, 2.75) is 39.7 Å². The maximum Gasteiger partial charge on any atom is 0.257 e. The highest BCUT2D eigenvalue weighted by molar-refractivity contribution is 6.14. The van der Waals surface area contributed by atoms with E-state index in [4.69, 9.17) is 0 Å². The van der Waals surface area contributed by atoms with E-state index in [1.165, 1.54) is 0 Å². The zero-order chi connectivity index (χ0) is 23.1. The van der Waals surface area contributed by atoms with Gasteiger partial charge in [0.15, 0.2) is 0 Å². The van der Waals surface area contributed by atoms with Crippen LogP contribution in [0.3, 0.4) is 0 Å². The van der Waals surface area contributed by atoms with Gasteiger partial charge in [0.2, 0.25) is 0 Å². The van der Waals surface area contributed by atoms with Crippen LogP contribution >= 0.6 is 0 Å². The molecule has 0 bridgehead atoms. The first-order valence-electron chi connectivity index (χ1n) is 11.6. The van der Waals surface area contributed by atoms with Gasteiger partial charge in [0.25, 0.3) is 5.91 Å². The summed E-state index contributed by atoms with van der Waals surface area (Å²) in [4.78, 5) is 20.2. The summed E-state index contributed by atoms with van der Waals surface area (Å²) in [5.41, 5.74) is 6.07. The molecule has 1 fully saturated rings. The number of nitrogens with zero attached hydrogens (tertiary/aromatic N) is 5. The molecule has 0 aliphatic carbocycles. The van der Waals surface area contributed by atoms with Crippen LogP contribution in [0.1, 0.15) is 41.5 Å². The third kappa shape index (κ3) is 4.06. The molecule has 4 aromatic rings. The normalized spacial score (nSPS) is 15.0. The van der Waals surface area contributed by atoms with Crippen molar-refractivity contribution in [1.29, 1.82) is 0 Å². The number of fused-ring (bicyclic) bond motifs is 2. The Labute approximate surface area is 193 Å². The number of carbonyl (C=O) groups excluding carboxylic acids is 1. The van der Waals surface area contributed by atoms with Crippen molar-refractivity contribution >= 4 is 33.7 Å². The molecule has 0 saturated carbocycles. The van der Waals surface area contributed by atoms with Gasteiger partial charge < -0.3 is 19.9 Å². The van der Waals surface area contributed by atoms with E-state index < -0.39 is 0 Å². The lowest BCUT2D eigenvalue weighted by Gasteiger charge is -2.34. The maximum absolute atomic E-state index is 13.3. The molecule has 1 aromatic carbocycles. The molecule has 0 unspecified atom stereocenters. The number of amides is 1. The van der Waals surface area contributed by atoms with E-state index in [0.717, 1.165) is 71.7 Å². The predicted octanol–water partition coefficient (Wildman–Crippen LogP) is 3.67. The van der Waals surface area contributed by atoms with Gasteiger partial charge in [0.05, 0.1) is 28.2 Å². The second-order valence-corrected chi connectivity index (χ2v) is 8.96. The van der Waals surface area contributed by atoms with E-state index in [9.17, 15) is 4.79 Å². The largest absolute Gasteiger partial charge is 0.371 e. The molecule has 0 spiro atoms. The van der Waals surface area contributed by atoms with Gasteiger partial charge in [-0.3, -0.25) is 14.5 Å². The van der Waals surface area contributed by atoms with Gasteiger partial charge in [-0.1, -0.05) is 6.92 Å². The summed E-state index contributed by atoms with van der Waals surface area (Å²) >= 11 is 0. The highest BCUT2D eigenvalue weighted by Gasteiger charge is 2.23. The molecular formula is C25H31N7O. The van der Waals surface area contributed by atoms with Crippen LogP contribution in [0.4, 0.5) is 11.4 Å². The average Bonchev–Trinajstić information content (AvgIpc) is 3.36. The molecule has 1 saturated heterocycles. The van der Waals surface area contributed by atoms with E-state index in [-0.39, 0.29) is 5.91 Å². The molecule has 2 N–H and O–H groups in total. The van der Waals surface area contributed by atoms with Crippen molar-refractivity contribution < 1.29 is 4.79 Å². The smallest absolute Gasteiger partial charge is 0.257 e. The van der Waals surface area contributed by atoms with Gasteiger partial charge >= 0.3 is 0 Å². The number of rotatable bonds is 5. The van der Waals surface area contributed by atoms with Crippen molar-refractivity contribution in [2.75, 3.05) is 29.9 Å². The fourth-order valence-corrected chi connectivity index (χ4v) is 4.97. The Bertz CT molecular complexity index is 1330. The van der Waals surface area contributed by atoms with E-state index in [1.807, 2.05) is 56.0 Å². The number of hydrogen-bond donors (Lipinski definition) is 2. The summed E-state index contributed by atoms with van der Waals surface area (Å²) < 4.78 is 3.80. The molecule has 1 aliphatic heterocycles. The predicted molar refractivity (Wildman–Crippen MR) is 132 cm³/mol. The van der Waals surface area contributed by atoms with Crippen molar-refractivity contribution in [1.82, 2.24) is 24.5 Å². The molecule has 1 aliphatic rings. The third-order valence-electron chi connectivity index (χ3n) is 6.49. The number of nitrogens with one attached hydrogen (secondary N) is 2. The van der Waals surface area contributed by atoms with Gasteiger partial charge in [0.1, 0.15) is 5.52 Å². The monoisotopic (exact) mass is 445 g/mol. The second-order valence-electron chi connectivity index (χ2n) is 8.96. The highest BCUT2D eigenvalue weighted by Crippen LogP contribution is 2.31. The van der Waals surface area contributed by atoms with Crippen LogP contribution in [-0.2, 0) is 7.05 Å². The Balaban J connectivity index is 1.43. The number of carbonyl (C=O) groups is 1. The van der Waals surface area contributed by atoms with Crippen LogP contribution in [0.5, 0.6) is 0 Å². The van der Waals surface area contributed by atoms with Crippen LogP contribution in [0.2, 0.25) is 0 Å². The molecule has 1 amide bonds. The topological polar surface area (TPSA) is 79.5 Å². The van der Waals surface area contributed by atoms with Crippen molar-refractivity contribution in [3.63, 3.8) is 0 Å². The Morgan fingerprint density at radius 1 is 1.15 bits per heavy atom. The minimum atomic E-state index is -0.158. The fraction of sp³-hybridized carbons (Fsp3) is 0.400. The van der Waals surface area contributed by atoms with Crippen molar-refractivity contribution in [3.05, 3.63) is 53.7 Å². The highest BCUT2D eigenvalue weighted by atomic mass is 16.1. The number of hydrogen-bond acceptors (Lipinski definition) is 5. The van der Waals surface area contributed by atoms with Gasteiger partial charge in [-0.15, -0.1) is 0 Å². The average molecular weight is 446 g/mol. The van der Waals surface area contributed by atoms with E-state index in [0.29, 0.717) is 11.6 Å². The molecule has 33 heavy (non-hydrogen) atoms. The number of piperidine rings is 1. The van der Waals surface area contributed by atoms with Crippen LogP contribution in [0.15, 0.2) is 36.8 Å². The summed E-state index contributed by atoms with van der Waals surface area (Å²) in [5.74, 6) is -0.158. The van der Waals surface area contributed by atoms with Gasteiger partial charge in [-0.2, -0.15) is 5.10 Å². The Hall–Kier alpha value is -3.39. The standard InChI is InChI=1S/C25H31N7O/c1-5-26-18-8-10-31(11-9-18)22-7-6-20(24-21(22)15-30(4)29-24)25(33)28-19-12-23-17(3)27-16(2)13-32(23)14-19/h6-7,12-15,18,26H,5,8-11H2,1-4H3,(H,28,33). The lowest BCUT2D eigenvalue weighted by molar-refractivity contribution is 0.102. The molecule has 172 valence electrons. The summed E-state index contributed by atoms with van der Waals surface area (Å²) in [6, 6.07) is 6.52. The van der Waals surface area contributed by atoms with Gasteiger partial charge in [-0.05, 0) is 51.4 Å². The SMILES string of the molecule is CCNC1CCN(c2ccc(C(=O)Nc3cc4c(C)nc(C)cn4c3)c3nn(C)cc23)CC1.